The third-order valence-electron chi connectivity index (χ3n) is 14.8. The summed E-state index contributed by atoms with van der Waals surface area (Å²) in [4.78, 5) is 0. The van der Waals surface area contributed by atoms with E-state index in [0.717, 1.165) is 0 Å². The van der Waals surface area contributed by atoms with Gasteiger partial charge in [-0.3, -0.25) is 0 Å². The molecular weight excluding hydrogens is 860 g/mol. The lowest BCUT2D eigenvalue weighted by Crippen LogP contribution is -2.58. The largest absolute Gasteiger partial charge is 0.243 e. The van der Waals surface area contributed by atoms with Crippen LogP contribution in [0.2, 0.25) is 0 Å². The Morgan fingerprint density at radius 1 is 0.224 bits per heavy atom. The standard InChI is InChI=1S/C63H63BP3/c1-46-40-58(65(7,52-28-16-10-17-29-52)53-30-18-11-19-31-53)41-47(2)61(46)64(62-48(3)42-59(43-49(62)4)66(8,54-32-20-12-21-33-54)55-34-22-13-23-35-55)63-50(5)44-60(45-51(63)6)67(9,56-36-24-14-25-37-56)57-38-26-15-27-39-57/h10-45H,1-9H3/q+3. The molecule has 9 aromatic rings. The summed E-state index contributed by atoms with van der Waals surface area (Å²) >= 11 is 0. The van der Waals surface area contributed by atoms with Crippen LogP contribution in [-0.4, -0.2) is 26.7 Å². The van der Waals surface area contributed by atoms with E-state index < -0.39 is 21.8 Å². The summed E-state index contributed by atoms with van der Waals surface area (Å²) in [5, 5.41) is 12.7. The Balaban J connectivity index is 1.29. The van der Waals surface area contributed by atoms with E-state index in [4.69, 9.17) is 0 Å². The fourth-order valence-electron chi connectivity index (χ4n) is 11.1. The highest BCUT2D eigenvalue weighted by Gasteiger charge is 2.45. The Bertz CT molecular complexity index is 2620. The summed E-state index contributed by atoms with van der Waals surface area (Å²) in [7, 11) is -5.92. The molecule has 0 N–H and O–H groups in total. The van der Waals surface area contributed by atoms with E-state index in [1.54, 1.807) is 0 Å². The van der Waals surface area contributed by atoms with Gasteiger partial charge in [-0.25, -0.2) is 0 Å². The molecule has 0 saturated heterocycles. The number of rotatable bonds is 12. The first kappa shape index (κ1) is 46.4. The smallest absolute Gasteiger partial charge is 0.0626 e. The van der Waals surface area contributed by atoms with Crippen molar-refractivity contribution in [2.45, 2.75) is 41.5 Å². The van der Waals surface area contributed by atoms with Crippen LogP contribution in [0.3, 0.4) is 0 Å². The molecular formula is C63H63BP3+3. The first-order chi connectivity index (χ1) is 32.4. The fourth-order valence-corrected chi connectivity index (χ4v) is 21.1. The van der Waals surface area contributed by atoms with Crippen LogP contribution >= 0.6 is 21.8 Å². The minimum Gasteiger partial charge on any atom is -0.0626 e. The molecule has 330 valence electrons. The van der Waals surface area contributed by atoms with Gasteiger partial charge in [0.1, 0.15) is 69.5 Å². The van der Waals surface area contributed by atoms with Gasteiger partial charge in [0.05, 0.1) is 20.0 Å². The monoisotopic (exact) mass is 923 g/mol. The van der Waals surface area contributed by atoms with Crippen molar-refractivity contribution in [3.05, 3.63) is 252 Å². The second kappa shape index (κ2) is 19.1. The maximum Gasteiger partial charge on any atom is 0.243 e. The molecule has 0 aliphatic heterocycles. The fraction of sp³-hybridized carbons (Fsp3) is 0.143. The number of benzene rings is 9. The molecule has 0 unspecified atom stereocenters. The molecule has 0 atom stereocenters. The molecule has 0 radical (unpaired) electrons. The van der Waals surface area contributed by atoms with E-state index in [9.17, 15) is 0 Å². The molecule has 0 aliphatic carbocycles. The molecule has 0 fully saturated rings. The summed E-state index contributed by atoms with van der Waals surface area (Å²) in [6.07, 6.45) is 0. The van der Waals surface area contributed by atoms with Crippen LogP contribution < -0.4 is 64.1 Å². The normalized spacial score (nSPS) is 12.0. The molecule has 67 heavy (non-hydrogen) atoms. The van der Waals surface area contributed by atoms with E-state index >= 15 is 0 Å². The third kappa shape index (κ3) is 8.40. The van der Waals surface area contributed by atoms with E-state index in [2.05, 4.69) is 280 Å². The average Bonchev–Trinajstić information content (AvgIpc) is 3.36. The minimum atomic E-state index is -1.97. The zero-order valence-corrected chi connectivity index (χ0v) is 43.4. The zero-order valence-electron chi connectivity index (χ0n) is 40.7. The highest BCUT2D eigenvalue weighted by Crippen LogP contribution is 2.54. The minimum absolute atomic E-state index is 0.0197. The van der Waals surface area contributed by atoms with E-state index in [0.29, 0.717) is 0 Å². The van der Waals surface area contributed by atoms with Crippen molar-refractivity contribution >= 4 is 92.6 Å². The lowest BCUT2D eigenvalue weighted by molar-refractivity contribution is 1.40. The first-order valence-electron chi connectivity index (χ1n) is 23.6. The van der Waals surface area contributed by atoms with Crippen LogP contribution in [0, 0.1) is 41.5 Å². The molecule has 0 aliphatic rings. The van der Waals surface area contributed by atoms with Gasteiger partial charge in [0, 0.05) is 0 Å². The summed E-state index contributed by atoms with van der Waals surface area (Å²) in [5.41, 5.74) is 12.3. The lowest BCUT2D eigenvalue weighted by atomic mass is 9.33. The van der Waals surface area contributed by atoms with Crippen LogP contribution in [0.1, 0.15) is 33.4 Å². The molecule has 0 heterocycles. The average molecular weight is 924 g/mol. The van der Waals surface area contributed by atoms with Crippen molar-refractivity contribution in [3.8, 4) is 0 Å². The van der Waals surface area contributed by atoms with Crippen LogP contribution in [-0.2, 0) is 0 Å². The SMILES string of the molecule is Cc1cc([P+](C)(c2ccccc2)c2ccccc2)cc(C)c1B(c1c(C)cc([P+](C)(c2ccccc2)c2ccccc2)cc1C)c1c(C)cc([P+](C)(c2ccccc2)c2ccccc2)cc1C. The number of hydrogen-bond donors (Lipinski definition) is 0. The maximum atomic E-state index is 2.56. The lowest BCUT2D eigenvalue weighted by Gasteiger charge is -2.31. The number of hydrogen-bond acceptors (Lipinski definition) is 0. The van der Waals surface area contributed by atoms with Gasteiger partial charge in [-0.15, -0.1) is 0 Å². The van der Waals surface area contributed by atoms with Crippen molar-refractivity contribution in [2.75, 3.05) is 20.0 Å². The number of aryl methyl sites for hydroxylation is 6. The van der Waals surface area contributed by atoms with Gasteiger partial charge in [-0.1, -0.05) is 159 Å². The summed E-state index contributed by atoms with van der Waals surface area (Å²) in [6, 6.07) is 82.7. The van der Waals surface area contributed by atoms with Crippen LogP contribution in [0.15, 0.2) is 218 Å². The van der Waals surface area contributed by atoms with Gasteiger partial charge in [-0.2, -0.15) is 0 Å². The van der Waals surface area contributed by atoms with Crippen LogP contribution in [0.4, 0.5) is 0 Å². The molecule has 9 rings (SSSR count). The second-order valence-corrected chi connectivity index (χ2v) is 29.6. The molecule has 9 aromatic carbocycles. The molecule has 0 nitrogen and oxygen atoms in total. The van der Waals surface area contributed by atoms with Gasteiger partial charge < -0.3 is 0 Å². The van der Waals surface area contributed by atoms with E-state index in [-0.39, 0.29) is 6.71 Å². The Kier molecular flexibility index (Phi) is 13.3. The van der Waals surface area contributed by atoms with Crippen molar-refractivity contribution < 1.29 is 0 Å². The van der Waals surface area contributed by atoms with Gasteiger partial charge in [0.2, 0.25) is 6.71 Å². The maximum absolute atomic E-state index is 2.56. The van der Waals surface area contributed by atoms with Crippen molar-refractivity contribution in [3.63, 3.8) is 0 Å². The highest BCUT2D eigenvalue weighted by molar-refractivity contribution is 7.96. The van der Waals surface area contributed by atoms with Crippen LogP contribution in [0.25, 0.3) is 0 Å². The van der Waals surface area contributed by atoms with E-state index in [1.165, 1.54) is 97.5 Å². The molecule has 0 aromatic heterocycles. The Hall–Kier alpha value is -5.67. The van der Waals surface area contributed by atoms with Gasteiger partial charge in [0.25, 0.3) is 0 Å². The summed E-state index contributed by atoms with van der Waals surface area (Å²) < 4.78 is 0. The Morgan fingerprint density at radius 2 is 0.373 bits per heavy atom. The van der Waals surface area contributed by atoms with E-state index in [1.807, 2.05) is 0 Å². The highest BCUT2D eigenvalue weighted by atomic mass is 31.2. The quantitative estimate of drug-likeness (QED) is 0.0847. The molecule has 0 bridgehead atoms. The van der Waals surface area contributed by atoms with Crippen molar-refractivity contribution in [1.82, 2.24) is 0 Å². The van der Waals surface area contributed by atoms with Gasteiger partial charge >= 0.3 is 0 Å². The van der Waals surface area contributed by atoms with Crippen molar-refractivity contribution in [1.29, 1.82) is 0 Å². The predicted octanol–water partition coefficient (Wildman–Crippen LogP) is 9.82. The topological polar surface area (TPSA) is 0 Å². The Morgan fingerprint density at radius 3 is 0.522 bits per heavy atom. The second-order valence-electron chi connectivity index (χ2n) is 18.9. The molecule has 0 spiro atoms. The summed E-state index contributed by atoms with van der Waals surface area (Å²) in [5.74, 6) is 0. The Labute approximate surface area is 403 Å². The van der Waals surface area contributed by atoms with Crippen LogP contribution in [0.5, 0.6) is 0 Å². The van der Waals surface area contributed by atoms with Crippen molar-refractivity contribution in [2.24, 2.45) is 0 Å². The first-order valence-corrected chi connectivity index (χ1v) is 30.4. The third-order valence-corrected chi connectivity index (χ3v) is 26.6. The molecule has 4 heteroatoms. The van der Waals surface area contributed by atoms with Gasteiger partial charge in [-0.05, 0) is 151 Å². The van der Waals surface area contributed by atoms with Gasteiger partial charge in [0.15, 0.2) is 0 Å². The zero-order chi connectivity index (χ0) is 46.9. The molecule has 0 amide bonds. The summed E-state index contributed by atoms with van der Waals surface area (Å²) in [6.45, 7) is 21.9. The predicted molar refractivity (Wildman–Crippen MR) is 306 cm³/mol. The molecule has 0 saturated carbocycles.